The summed E-state index contributed by atoms with van der Waals surface area (Å²) in [7, 11) is 0. The molecule has 0 aromatic carbocycles. The number of hydrogen-bond donors (Lipinski definition) is 0. The molecular weight excluding hydrogens is 190 g/mol. The highest BCUT2D eigenvalue weighted by atomic mass is 16.2. The smallest absolute Gasteiger partial charge is 0.219 e. The summed E-state index contributed by atoms with van der Waals surface area (Å²) < 4.78 is 0. The molecule has 0 spiro atoms. The zero-order valence-corrected chi connectivity index (χ0v) is 10.4. The number of ketones is 1. The first-order chi connectivity index (χ1) is 7.15. The average Bonchev–Trinajstić information content (AvgIpc) is 2.31. The highest BCUT2D eigenvalue weighted by molar-refractivity contribution is 5.81. The van der Waals surface area contributed by atoms with Crippen molar-refractivity contribution < 1.29 is 9.59 Å². The molecule has 0 saturated carbocycles. The van der Waals surface area contributed by atoms with Gasteiger partial charge in [0.05, 0.1) is 0 Å². The SMILES string of the molecule is CC.CCC(=O)C1CCN(C(C)=O)CC1. The Balaban J connectivity index is 0.000000921. The van der Waals surface area contributed by atoms with Gasteiger partial charge in [-0.05, 0) is 12.8 Å². The van der Waals surface area contributed by atoms with Crippen molar-refractivity contribution in [2.75, 3.05) is 13.1 Å². The Bertz CT molecular complexity index is 206. The summed E-state index contributed by atoms with van der Waals surface area (Å²) in [5.41, 5.74) is 0. The minimum atomic E-state index is 0.127. The number of amides is 1. The summed E-state index contributed by atoms with van der Waals surface area (Å²) in [4.78, 5) is 24.1. The molecule has 0 aromatic rings. The number of Topliss-reactive ketones (excluding diaryl/α,β-unsaturated/α-hetero) is 1. The molecule has 1 aliphatic heterocycles. The van der Waals surface area contributed by atoms with Crippen molar-refractivity contribution in [3.63, 3.8) is 0 Å². The molecule has 1 saturated heterocycles. The van der Waals surface area contributed by atoms with Gasteiger partial charge in [0.2, 0.25) is 5.91 Å². The molecule has 1 fully saturated rings. The highest BCUT2D eigenvalue weighted by Gasteiger charge is 2.24. The molecule has 88 valence electrons. The van der Waals surface area contributed by atoms with Crippen LogP contribution in [0.1, 0.15) is 47.0 Å². The molecule has 3 nitrogen and oxygen atoms in total. The maximum Gasteiger partial charge on any atom is 0.219 e. The summed E-state index contributed by atoms with van der Waals surface area (Å²) in [6, 6.07) is 0. The van der Waals surface area contributed by atoms with E-state index in [0.29, 0.717) is 12.2 Å². The zero-order chi connectivity index (χ0) is 11.8. The van der Waals surface area contributed by atoms with Gasteiger partial charge in [-0.1, -0.05) is 20.8 Å². The molecule has 1 rings (SSSR count). The van der Waals surface area contributed by atoms with Gasteiger partial charge in [-0.3, -0.25) is 9.59 Å². The van der Waals surface area contributed by atoms with Crippen LogP contribution in [0.2, 0.25) is 0 Å². The third-order valence-electron chi connectivity index (χ3n) is 2.74. The predicted octanol–water partition coefficient (Wildman–Crippen LogP) is 2.25. The van der Waals surface area contributed by atoms with E-state index in [1.807, 2.05) is 25.7 Å². The number of rotatable bonds is 2. The van der Waals surface area contributed by atoms with Crippen LogP contribution < -0.4 is 0 Å². The molecule has 0 bridgehead atoms. The lowest BCUT2D eigenvalue weighted by Crippen LogP contribution is -2.38. The van der Waals surface area contributed by atoms with Crippen molar-refractivity contribution in [3.8, 4) is 0 Å². The summed E-state index contributed by atoms with van der Waals surface area (Å²) in [5, 5.41) is 0. The summed E-state index contributed by atoms with van der Waals surface area (Å²) in [6.07, 6.45) is 2.34. The van der Waals surface area contributed by atoms with E-state index in [2.05, 4.69) is 0 Å². The molecule has 3 heteroatoms. The number of carbonyl (C=O) groups is 2. The van der Waals surface area contributed by atoms with E-state index in [9.17, 15) is 9.59 Å². The van der Waals surface area contributed by atoms with Gasteiger partial charge in [0, 0.05) is 32.4 Å². The summed E-state index contributed by atoms with van der Waals surface area (Å²) in [6.45, 7) is 9.00. The Kier molecular flexibility index (Phi) is 7.01. The van der Waals surface area contributed by atoms with Gasteiger partial charge in [0.25, 0.3) is 0 Å². The lowest BCUT2D eigenvalue weighted by Gasteiger charge is -2.30. The molecule has 0 unspecified atom stereocenters. The van der Waals surface area contributed by atoms with Gasteiger partial charge in [0.15, 0.2) is 0 Å². The van der Waals surface area contributed by atoms with Crippen LogP contribution in [0.4, 0.5) is 0 Å². The van der Waals surface area contributed by atoms with Crippen LogP contribution >= 0.6 is 0 Å². The lowest BCUT2D eigenvalue weighted by molar-refractivity contribution is -0.133. The topological polar surface area (TPSA) is 37.4 Å². The monoisotopic (exact) mass is 213 g/mol. The second-order valence-electron chi connectivity index (χ2n) is 3.60. The molecule has 0 aromatic heterocycles. The molecular formula is C12H23NO2. The summed E-state index contributed by atoms with van der Waals surface area (Å²) >= 11 is 0. The second-order valence-corrected chi connectivity index (χ2v) is 3.60. The third-order valence-corrected chi connectivity index (χ3v) is 2.74. The fourth-order valence-electron chi connectivity index (χ4n) is 1.81. The molecule has 1 amide bonds. The first kappa shape index (κ1) is 14.1. The molecule has 0 radical (unpaired) electrons. The van der Waals surface area contributed by atoms with Crippen molar-refractivity contribution >= 4 is 11.7 Å². The van der Waals surface area contributed by atoms with Crippen LogP contribution in [-0.2, 0) is 9.59 Å². The van der Waals surface area contributed by atoms with Crippen molar-refractivity contribution in [3.05, 3.63) is 0 Å². The quantitative estimate of drug-likeness (QED) is 0.705. The fourth-order valence-corrected chi connectivity index (χ4v) is 1.81. The van der Waals surface area contributed by atoms with Crippen LogP contribution in [0.3, 0.4) is 0 Å². The van der Waals surface area contributed by atoms with Crippen molar-refractivity contribution in [1.82, 2.24) is 4.90 Å². The number of nitrogens with zero attached hydrogens (tertiary/aromatic N) is 1. The minimum absolute atomic E-state index is 0.127. The van der Waals surface area contributed by atoms with E-state index >= 15 is 0 Å². The van der Waals surface area contributed by atoms with Crippen molar-refractivity contribution in [2.24, 2.45) is 5.92 Å². The molecule has 1 aliphatic rings. The van der Waals surface area contributed by atoms with Gasteiger partial charge in [-0.15, -0.1) is 0 Å². The Labute approximate surface area is 92.8 Å². The van der Waals surface area contributed by atoms with Crippen LogP contribution in [0, 0.1) is 5.92 Å². The molecule has 1 heterocycles. The zero-order valence-electron chi connectivity index (χ0n) is 10.4. The summed E-state index contributed by atoms with van der Waals surface area (Å²) in [5.74, 6) is 0.686. The normalized spacial score (nSPS) is 16.7. The maximum atomic E-state index is 11.3. The Morgan fingerprint density at radius 2 is 1.67 bits per heavy atom. The van der Waals surface area contributed by atoms with Crippen LogP contribution in [0.15, 0.2) is 0 Å². The van der Waals surface area contributed by atoms with E-state index in [1.165, 1.54) is 0 Å². The van der Waals surface area contributed by atoms with E-state index < -0.39 is 0 Å². The van der Waals surface area contributed by atoms with Crippen molar-refractivity contribution in [2.45, 2.75) is 47.0 Å². The maximum absolute atomic E-state index is 11.3. The highest BCUT2D eigenvalue weighted by Crippen LogP contribution is 2.19. The predicted molar refractivity (Wildman–Crippen MR) is 61.6 cm³/mol. The van der Waals surface area contributed by atoms with Gasteiger partial charge in [0.1, 0.15) is 5.78 Å². The third kappa shape index (κ3) is 4.45. The standard InChI is InChI=1S/C10H17NO2.C2H6/c1-3-10(13)9-4-6-11(7-5-9)8(2)12;1-2/h9H,3-7H2,1-2H3;1-2H3. The average molecular weight is 213 g/mol. The first-order valence-corrected chi connectivity index (χ1v) is 5.93. The van der Waals surface area contributed by atoms with Crippen LogP contribution in [-0.4, -0.2) is 29.7 Å². The van der Waals surface area contributed by atoms with E-state index in [4.69, 9.17) is 0 Å². The van der Waals surface area contributed by atoms with E-state index in [0.717, 1.165) is 25.9 Å². The van der Waals surface area contributed by atoms with E-state index in [-0.39, 0.29) is 11.8 Å². The minimum Gasteiger partial charge on any atom is -0.343 e. The van der Waals surface area contributed by atoms with Gasteiger partial charge < -0.3 is 4.90 Å². The van der Waals surface area contributed by atoms with E-state index in [1.54, 1.807) is 6.92 Å². The molecule has 0 N–H and O–H groups in total. The fraction of sp³-hybridized carbons (Fsp3) is 0.833. The molecule has 0 aliphatic carbocycles. The van der Waals surface area contributed by atoms with Crippen LogP contribution in [0.25, 0.3) is 0 Å². The number of carbonyl (C=O) groups excluding carboxylic acids is 2. The van der Waals surface area contributed by atoms with Gasteiger partial charge in [-0.2, -0.15) is 0 Å². The number of piperidine rings is 1. The second kappa shape index (κ2) is 7.43. The Morgan fingerprint density at radius 1 is 1.20 bits per heavy atom. The van der Waals surface area contributed by atoms with Gasteiger partial charge >= 0.3 is 0 Å². The Morgan fingerprint density at radius 3 is 2.00 bits per heavy atom. The largest absolute Gasteiger partial charge is 0.343 e. The number of hydrogen-bond acceptors (Lipinski definition) is 2. The van der Waals surface area contributed by atoms with Gasteiger partial charge in [-0.25, -0.2) is 0 Å². The molecule has 0 atom stereocenters. The number of likely N-dealkylation sites (tertiary alicyclic amines) is 1. The first-order valence-electron chi connectivity index (χ1n) is 5.93. The van der Waals surface area contributed by atoms with Crippen molar-refractivity contribution in [1.29, 1.82) is 0 Å². The lowest BCUT2D eigenvalue weighted by atomic mass is 9.91. The Hall–Kier alpha value is -0.860. The van der Waals surface area contributed by atoms with Crippen LogP contribution in [0.5, 0.6) is 0 Å². The molecule has 15 heavy (non-hydrogen) atoms.